The van der Waals surface area contributed by atoms with E-state index in [1.54, 1.807) is 4.68 Å². The summed E-state index contributed by atoms with van der Waals surface area (Å²) in [6, 6.07) is 1.95. The van der Waals surface area contributed by atoms with Crippen LogP contribution < -0.4 is 5.32 Å². The van der Waals surface area contributed by atoms with E-state index in [9.17, 15) is 4.79 Å². The van der Waals surface area contributed by atoms with Gasteiger partial charge in [-0.15, -0.1) is 0 Å². The number of carbonyl (C=O) groups is 1. The van der Waals surface area contributed by atoms with Crippen LogP contribution in [0.1, 0.15) is 28.3 Å². The third-order valence-electron chi connectivity index (χ3n) is 3.38. The van der Waals surface area contributed by atoms with Gasteiger partial charge in [0.2, 0.25) is 5.91 Å². The van der Waals surface area contributed by atoms with Gasteiger partial charge in [0.05, 0.1) is 27.8 Å². The van der Waals surface area contributed by atoms with Crippen LogP contribution in [-0.2, 0) is 11.3 Å². The number of aryl methyl sites for hydroxylation is 4. The van der Waals surface area contributed by atoms with Gasteiger partial charge >= 0.3 is 0 Å². The summed E-state index contributed by atoms with van der Waals surface area (Å²) < 4.78 is 1.61. The molecule has 2 heterocycles. The average Bonchev–Trinajstić information content (AvgIpc) is 2.61. The maximum atomic E-state index is 12.2. The number of anilines is 1. The maximum absolute atomic E-state index is 12.2. The number of hydrogen-bond acceptors (Lipinski definition) is 3. The van der Waals surface area contributed by atoms with Crippen molar-refractivity contribution < 1.29 is 4.79 Å². The summed E-state index contributed by atoms with van der Waals surface area (Å²) in [4.78, 5) is 16.6. The minimum atomic E-state index is -0.144. The summed E-state index contributed by atoms with van der Waals surface area (Å²) >= 11 is 6.08. The van der Waals surface area contributed by atoms with Gasteiger partial charge in [0.25, 0.3) is 0 Å². The van der Waals surface area contributed by atoms with Crippen molar-refractivity contribution in [2.75, 3.05) is 5.32 Å². The fourth-order valence-electron chi connectivity index (χ4n) is 2.36. The Bertz CT molecular complexity index is 683. The van der Waals surface area contributed by atoms with E-state index < -0.39 is 0 Å². The fraction of sp³-hybridized carbons (Fsp3) is 0.400. The first-order valence-electron chi connectivity index (χ1n) is 6.73. The first-order chi connectivity index (χ1) is 9.79. The lowest BCUT2D eigenvalue weighted by molar-refractivity contribution is -0.116. The van der Waals surface area contributed by atoms with Crippen molar-refractivity contribution in [2.45, 2.75) is 41.2 Å². The number of aromatic nitrogens is 3. The van der Waals surface area contributed by atoms with E-state index in [-0.39, 0.29) is 12.5 Å². The Kier molecular flexibility index (Phi) is 4.32. The molecule has 5 nitrogen and oxygen atoms in total. The molecule has 0 aliphatic heterocycles. The van der Waals surface area contributed by atoms with Crippen molar-refractivity contribution in [3.05, 3.63) is 39.4 Å². The van der Waals surface area contributed by atoms with Crippen molar-refractivity contribution in [1.29, 1.82) is 0 Å². The predicted molar refractivity (Wildman–Crippen MR) is 83.8 cm³/mol. The zero-order valence-electron chi connectivity index (χ0n) is 12.9. The molecule has 0 unspecified atom stereocenters. The minimum Gasteiger partial charge on any atom is -0.323 e. The molecule has 0 fully saturated rings. The van der Waals surface area contributed by atoms with Crippen LogP contribution in [0.3, 0.4) is 0 Å². The molecular weight excluding hydrogens is 288 g/mol. The van der Waals surface area contributed by atoms with Gasteiger partial charge in [-0.1, -0.05) is 11.6 Å². The molecule has 0 aliphatic carbocycles. The molecule has 0 radical (unpaired) electrons. The van der Waals surface area contributed by atoms with E-state index in [0.717, 1.165) is 34.0 Å². The predicted octanol–water partition coefficient (Wildman–Crippen LogP) is 3.11. The summed E-state index contributed by atoms with van der Waals surface area (Å²) in [6.07, 6.45) is 0. The van der Waals surface area contributed by atoms with Gasteiger partial charge in [-0.05, 0) is 46.2 Å². The monoisotopic (exact) mass is 306 g/mol. The van der Waals surface area contributed by atoms with Crippen molar-refractivity contribution in [2.24, 2.45) is 0 Å². The molecule has 0 saturated carbocycles. The van der Waals surface area contributed by atoms with Gasteiger partial charge < -0.3 is 5.32 Å². The number of hydrogen-bond donors (Lipinski definition) is 1. The van der Waals surface area contributed by atoms with E-state index in [0.29, 0.717) is 5.02 Å². The topological polar surface area (TPSA) is 59.8 Å². The van der Waals surface area contributed by atoms with Gasteiger partial charge in [-0.25, -0.2) is 0 Å². The van der Waals surface area contributed by atoms with E-state index in [4.69, 9.17) is 11.6 Å². The van der Waals surface area contributed by atoms with Crippen molar-refractivity contribution >= 4 is 23.2 Å². The number of carbonyl (C=O) groups excluding carboxylic acids is 1. The standard InChI is InChI=1S/C15H19ClN4O/c1-8-6-9(2)17-11(4)15(8)18-13(21)7-20-12(5)14(16)10(3)19-20/h6H,7H2,1-5H3,(H,18,21). The highest BCUT2D eigenvalue weighted by atomic mass is 35.5. The molecule has 0 aromatic carbocycles. The van der Waals surface area contributed by atoms with Crippen LogP contribution in [0.2, 0.25) is 5.02 Å². The molecule has 21 heavy (non-hydrogen) atoms. The highest BCUT2D eigenvalue weighted by Gasteiger charge is 2.14. The number of rotatable bonds is 3. The van der Waals surface area contributed by atoms with Crippen LogP contribution in [0.4, 0.5) is 5.69 Å². The Hall–Kier alpha value is -1.88. The molecule has 0 spiro atoms. The minimum absolute atomic E-state index is 0.131. The van der Waals surface area contributed by atoms with E-state index in [1.807, 2.05) is 40.7 Å². The SMILES string of the molecule is Cc1cc(C)c(NC(=O)Cn2nc(C)c(Cl)c2C)c(C)n1. The zero-order valence-corrected chi connectivity index (χ0v) is 13.7. The second-order valence-corrected chi connectivity index (χ2v) is 5.61. The van der Waals surface area contributed by atoms with Crippen LogP contribution in [0.15, 0.2) is 6.07 Å². The zero-order chi connectivity index (χ0) is 15.7. The molecule has 6 heteroatoms. The van der Waals surface area contributed by atoms with Crippen molar-refractivity contribution in [3.8, 4) is 0 Å². The number of nitrogens with one attached hydrogen (secondary N) is 1. The second-order valence-electron chi connectivity index (χ2n) is 5.23. The molecule has 2 aromatic heterocycles. The van der Waals surface area contributed by atoms with Gasteiger partial charge in [0.1, 0.15) is 6.54 Å². The Balaban J connectivity index is 2.17. The van der Waals surface area contributed by atoms with Crippen LogP contribution >= 0.6 is 11.6 Å². The maximum Gasteiger partial charge on any atom is 0.246 e. The third-order valence-corrected chi connectivity index (χ3v) is 3.92. The Morgan fingerprint density at radius 3 is 2.43 bits per heavy atom. The summed E-state index contributed by atoms with van der Waals surface area (Å²) in [6.45, 7) is 9.57. The van der Waals surface area contributed by atoms with Crippen molar-refractivity contribution in [3.63, 3.8) is 0 Å². The van der Waals surface area contributed by atoms with Gasteiger partial charge in [-0.2, -0.15) is 5.10 Å². The quantitative estimate of drug-likeness (QED) is 0.948. The third kappa shape index (κ3) is 3.24. The van der Waals surface area contributed by atoms with Gasteiger partial charge in [0, 0.05) is 5.69 Å². The van der Waals surface area contributed by atoms with Gasteiger partial charge in [0.15, 0.2) is 0 Å². The first kappa shape index (κ1) is 15.5. The number of halogens is 1. The van der Waals surface area contributed by atoms with Crippen LogP contribution in [0, 0.1) is 34.6 Å². The highest BCUT2D eigenvalue weighted by Crippen LogP contribution is 2.21. The molecule has 2 rings (SSSR count). The van der Waals surface area contributed by atoms with E-state index >= 15 is 0 Å². The number of pyridine rings is 1. The molecule has 1 N–H and O–H groups in total. The highest BCUT2D eigenvalue weighted by molar-refractivity contribution is 6.31. The molecular formula is C15H19ClN4O. The Labute approximate surface area is 129 Å². The molecule has 112 valence electrons. The van der Waals surface area contributed by atoms with E-state index in [1.165, 1.54) is 0 Å². The number of nitrogens with zero attached hydrogens (tertiary/aromatic N) is 3. The lowest BCUT2D eigenvalue weighted by atomic mass is 10.1. The Morgan fingerprint density at radius 2 is 1.90 bits per heavy atom. The lowest BCUT2D eigenvalue weighted by Gasteiger charge is -2.12. The lowest BCUT2D eigenvalue weighted by Crippen LogP contribution is -2.21. The van der Waals surface area contributed by atoms with Gasteiger partial charge in [-0.3, -0.25) is 14.5 Å². The fourth-order valence-corrected chi connectivity index (χ4v) is 2.49. The Morgan fingerprint density at radius 1 is 1.24 bits per heavy atom. The number of amides is 1. The van der Waals surface area contributed by atoms with E-state index in [2.05, 4.69) is 15.4 Å². The molecule has 1 amide bonds. The summed E-state index contributed by atoms with van der Waals surface area (Å²) in [7, 11) is 0. The van der Waals surface area contributed by atoms with Crippen LogP contribution in [-0.4, -0.2) is 20.7 Å². The van der Waals surface area contributed by atoms with Crippen LogP contribution in [0.5, 0.6) is 0 Å². The molecule has 0 saturated heterocycles. The van der Waals surface area contributed by atoms with Crippen LogP contribution in [0.25, 0.3) is 0 Å². The normalized spacial score (nSPS) is 10.8. The molecule has 0 bridgehead atoms. The molecule has 2 aromatic rings. The average molecular weight is 307 g/mol. The largest absolute Gasteiger partial charge is 0.323 e. The molecule has 0 atom stereocenters. The summed E-state index contributed by atoms with van der Waals surface area (Å²) in [5.74, 6) is -0.144. The van der Waals surface area contributed by atoms with Crippen molar-refractivity contribution in [1.82, 2.24) is 14.8 Å². The smallest absolute Gasteiger partial charge is 0.246 e. The first-order valence-corrected chi connectivity index (χ1v) is 7.11. The summed E-state index contributed by atoms with van der Waals surface area (Å²) in [5.41, 5.74) is 5.03. The molecule has 0 aliphatic rings. The summed E-state index contributed by atoms with van der Waals surface area (Å²) in [5, 5.41) is 7.77. The second kappa shape index (κ2) is 5.85.